The lowest BCUT2D eigenvalue weighted by atomic mass is 10.0. The van der Waals surface area contributed by atoms with Crippen LogP contribution in [-0.4, -0.2) is 44.1 Å². The monoisotopic (exact) mass is 501 g/mol. The Bertz CT molecular complexity index is 1370. The SMILES string of the molecule is CS(=O)(=O)c1c(-c2ccccc2)ccc(N2CCCC(NC(=O)c3ccnc(Cl)c3)C2=O)c1F. The van der Waals surface area contributed by atoms with Crippen molar-refractivity contribution in [2.75, 3.05) is 17.7 Å². The summed E-state index contributed by atoms with van der Waals surface area (Å²) in [5.41, 5.74) is 0.853. The van der Waals surface area contributed by atoms with E-state index in [0.29, 0.717) is 18.4 Å². The van der Waals surface area contributed by atoms with Crippen LogP contribution in [0, 0.1) is 5.82 Å². The molecule has 3 aromatic rings. The largest absolute Gasteiger partial charge is 0.340 e. The number of carbonyl (C=O) groups is 2. The van der Waals surface area contributed by atoms with Gasteiger partial charge in [0.25, 0.3) is 5.91 Å². The Morgan fingerprint density at radius 1 is 1.18 bits per heavy atom. The maximum Gasteiger partial charge on any atom is 0.252 e. The van der Waals surface area contributed by atoms with E-state index in [9.17, 15) is 18.0 Å². The number of piperidine rings is 1. The number of benzene rings is 2. The summed E-state index contributed by atoms with van der Waals surface area (Å²) >= 11 is 5.83. The molecule has 1 aliphatic rings. The summed E-state index contributed by atoms with van der Waals surface area (Å²) in [5.74, 6) is -2.03. The third-order valence-electron chi connectivity index (χ3n) is 5.56. The molecule has 1 N–H and O–H groups in total. The Morgan fingerprint density at radius 3 is 2.59 bits per heavy atom. The quantitative estimate of drug-likeness (QED) is 0.535. The zero-order valence-corrected chi connectivity index (χ0v) is 19.7. The summed E-state index contributed by atoms with van der Waals surface area (Å²) in [6, 6.07) is 13.4. The Hall–Kier alpha value is -3.30. The number of hydrogen-bond donors (Lipinski definition) is 1. The maximum atomic E-state index is 15.7. The highest BCUT2D eigenvalue weighted by molar-refractivity contribution is 7.90. The van der Waals surface area contributed by atoms with Crippen molar-refractivity contribution in [2.45, 2.75) is 23.8 Å². The van der Waals surface area contributed by atoms with Crippen LogP contribution >= 0.6 is 11.6 Å². The Labute approximate surface area is 201 Å². The highest BCUT2D eigenvalue weighted by Crippen LogP contribution is 2.36. The van der Waals surface area contributed by atoms with Gasteiger partial charge in [-0.1, -0.05) is 48.0 Å². The van der Waals surface area contributed by atoms with Crippen LogP contribution in [0.1, 0.15) is 23.2 Å². The number of rotatable bonds is 5. The van der Waals surface area contributed by atoms with Gasteiger partial charge >= 0.3 is 0 Å². The van der Waals surface area contributed by atoms with Gasteiger partial charge in [-0.25, -0.2) is 17.8 Å². The van der Waals surface area contributed by atoms with Crippen LogP contribution < -0.4 is 10.2 Å². The van der Waals surface area contributed by atoms with E-state index in [1.165, 1.54) is 35.4 Å². The zero-order chi connectivity index (χ0) is 24.5. The molecule has 1 fully saturated rings. The summed E-state index contributed by atoms with van der Waals surface area (Å²) in [6.07, 6.45) is 3.16. The highest BCUT2D eigenvalue weighted by atomic mass is 35.5. The number of pyridine rings is 1. The van der Waals surface area contributed by atoms with Crippen LogP contribution in [0.25, 0.3) is 11.1 Å². The van der Waals surface area contributed by atoms with Crippen molar-refractivity contribution < 1.29 is 22.4 Å². The van der Waals surface area contributed by atoms with Crippen molar-refractivity contribution in [2.24, 2.45) is 0 Å². The molecule has 2 aromatic carbocycles. The van der Waals surface area contributed by atoms with E-state index in [2.05, 4.69) is 10.3 Å². The minimum atomic E-state index is -3.96. The molecule has 2 amide bonds. The molecule has 1 saturated heterocycles. The van der Waals surface area contributed by atoms with Crippen LogP contribution in [0.15, 0.2) is 65.7 Å². The van der Waals surface area contributed by atoms with E-state index in [-0.39, 0.29) is 28.5 Å². The minimum absolute atomic E-state index is 0.137. The standard InChI is InChI=1S/C24H21ClFN3O4S/c1-34(32,33)22-17(15-6-3-2-4-7-15)9-10-19(21(22)26)29-13-5-8-18(24(29)31)28-23(30)16-11-12-27-20(25)14-16/h2-4,6-7,9-12,14,18H,5,8,13H2,1H3,(H,28,30). The average Bonchev–Trinajstić information content (AvgIpc) is 2.80. The van der Waals surface area contributed by atoms with Gasteiger partial charge in [-0.15, -0.1) is 0 Å². The fourth-order valence-electron chi connectivity index (χ4n) is 4.00. The second-order valence-electron chi connectivity index (χ2n) is 7.94. The fraction of sp³-hybridized carbons (Fsp3) is 0.208. The lowest BCUT2D eigenvalue weighted by Gasteiger charge is -2.33. The van der Waals surface area contributed by atoms with Gasteiger partial charge in [0.1, 0.15) is 16.1 Å². The van der Waals surface area contributed by atoms with Gasteiger partial charge in [-0.05, 0) is 36.6 Å². The van der Waals surface area contributed by atoms with Crippen LogP contribution in [0.5, 0.6) is 0 Å². The average molecular weight is 502 g/mol. The van der Waals surface area contributed by atoms with Gasteiger partial charge in [0.05, 0.1) is 5.69 Å². The third kappa shape index (κ3) is 4.80. The molecule has 2 heterocycles. The van der Waals surface area contributed by atoms with E-state index in [4.69, 9.17) is 11.6 Å². The summed E-state index contributed by atoms with van der Waals surface area (Å²) in [4.78, 5) is 30.3. The number of sulfone groups is 1. The molecule has 4 rings (SSSR count). The van der Waals surface area contributed by atoms with Gasteiger partial charge in [0.2, 0.25) is 5.91 Å². The number of hydrogen-bond acceptors (Lipinski definition) is 5. The molecule has 10 heteroatoms. The van der Waals surface area contributed by atoms with Crippen molar-refractivity contribution in [1.29, 1.82) is 0 Å². The normalized spacial score (nSPS) is 16.4. The summed E-state index contributed by atoms with van der Waals surface area (Å²) < 4.78 is 40.8. The first kappa shape index (κ1) is 23.8. The molecular weight excluding hydrogens is 481 g/mol. The summed E-state index contributed by atoms with van der Waals surface area (Å²) in [6.45, 7) is 0.192. The molecule has 0 spiro atoms. The number of aromatic nitrogens is 1. The molecule has 7 nitrogen and oxygen atoms in total. The number of halogens is 2. The minimum Gasteiger partial charge on any atom is -0.340 e. The van der Waals surface area contributed by atoms with E-state index >= 15 is 4.39 Å². The van der Waals surface area contributed by atoms with E-state index < -0.39 is 38.4 Å². The van der Waals surface area contributed by atoms with Crippen LogP contribution in [0.3, 0.4) is 0 Å². The Morgan fingerprint density at radius 2 is 1.91 bits per heavy atom. The van der Waals surface area contributed by atoms with Gasteiger partial charge in [0, 0.05) is 30.1 Å². The number of nitrogens with one attached hydrogen (secondary N) is 1. The van der Waals surface area contributed by atoms with Crippen molar-refractivity contribution in [3.05, 3.63) is 77.3 Å². The summed E-state index contributed by atoms with van der Waals surface area (Å²) in [7, 11) is -3.96. The molecule has 176 valence electrons. The molecule has 0 saturated carbocycles. The number of amides is 2. The van der Waals surface area contributed by atoms with Gasteiger partial charge in [0.15, 0.2) is 15.7 Å². The lowest BCUT2D eigenvalue weighted by Crippen LogP contribution is -2.52. The van der Waals surface area contributed by atoms with Gasteiger partial charge < -0.3 is 10.2 Å². The lowest BCUT2D eigenvalue weighted by molar-refractivity contribution is -0.121. The Balaban J connectivity index is 1.67. The molecule has 34 heavy (non-hydrogen) atoms. The van der Waals surface area contributed by atoms with Gasteiger partial charge in [-0.3, -0.25) is 9.59 Å². The van der Waals surface area contributed by atoms with E-state index in [1.54, 1.807) is 30.3 Å². The molecule has 0 radical (unpaired) electrons. The molecule has 0 bridgehead atoms. The molecule has 1 aromatic heterocycles. The third-order valence-corrected chi connectivity index (χ3v) is 6.90. The zero-order valence-electron chi connectivity index (χ0n) is 18.2. The molecule has 1 unspecified atom stereocenters. The molecule has 1 atom stereocenters. The second kappa shape index (κ2) is 9.52. The van der Waals surface area contributed by atoms with Crippen molar-refractivity contribution in [3.8, 4) is 11.1 Å². The van der Waals surface area contributed by atoms with Crippen LogP contribution in [0.2, 0.25) is 5.15 Å². The second-order valence-corrected chi connectivity index (χ2v) is 10.3. The van der Waals surface area contributed by atoms with E-state index in [1.807, 2.05) is 0 Å². The molecule has 1 aliphatic heterocycles. The first-order chi connectivity index (χ1) is 16.2. The number of carbonyl (C=O) groups excluding carboxylic acids is 2. The Kier molecular flexibility index (Phi) is 6.67. The van der Waals surface area contributed by atoms with Crippen molar-refractivity contribution in [1.82, 2.24) is 10.3 Å². The van der Waals surface area contributed by atoms with E-state index in [0.717, 1.165) is 6.26 Å². The first-order valence-corrected chi connectivity index (χ1v) is 12.8. The predicted octanol–water partition coefficient (Wildman–Crippen LogP) is 3.87. The molecule has 0 aliphatic carbocycles. The topological polar surface area (TPSA) is 96.4 Å². The van der Waals surface area contributed by atoms with Crippen LogP contribution in [0.4, 0.5) is 10.1 Å². The fourth-order valence-corrected chi connectivity index (χ4v) is 5.18. The van der Waals surface area contributed by atoms with Gasteiger partial charge in [-0.2, -0.15) is 0 Å². The smallest absolute Gasteiger partial charge is 0.252 e. The van der Waals surface area contributed by atoms with Crippen molar-refractivity contribution >= 4 is 38.9 Å². The predicted molar refractivity (Wildman–Crippen MR) is 127 cm³/mol. The summed E-state index contributed by atoms with van der Waals surface area (Å²) in [5, 5.41) is 2.79. The van der Waals surface area contributed by atoms with Crippen molar-refractivity contribution in [3.63, 3.8) is 0 Å². The molecular formula is C24H21ClFN3O4S. The first-order valence-electron chi connectivity index (χ1n) is 10.5. The number of nitrogens with zero attached hydrogens (tertiary/aromatic N) is 2. The van der Waals surface area contributed by atoms with Crippen LogP contribution in [-0.2, 0) is 14.6 Å². The number of anilines is 1. The highest BCUT2D eigenvalue weighted by Gasteiger charge is 2.34. The maximum absolute atomic E-state index is 15.7.